The van der Waals surface area contributed by atoms with Crippen LogP contribution in [0.15, 0.2) is 48.5 Å². The second-order valence-electron chi connectivity index (χ2n) is 5.49. The number of para-hydroxylation sites is 1. The summed E-state index contributed by atoms with van der Waals surface area (Å²) in [5.41, 5.74) is 5.56. The van der Waals surface area contributed by atoms with Crippen LogP contribution in [-0.2, 0) is 12.8 Å². The molecule has 21 heavy (non-hydrogen) atoms. The van der Waals surface area contributed by atoms with Gasteiger partial charge in [-0.25, -0.2) is 0 Å². The lowest BCUT2D eigenvalue weighted by Crippen LogP contribution is -2.46. The van der Waals surface area contributed by atoms with Gasteiger partial charge < -0.3 is 4.74 Å². The summed E-state index contributed by atoms with van der Waals surface area (Å²) in [5.74, 6) is 7.20. The standard InChI is InChI=1S/C17H19IN2O/c18-15-7-5-12(6-8-15)9-16(20-19)14-10-13-3-1-2-4-17(13)21-11-14/h1-8,14,16,20H,9-11,19H2. The SMILES string of the molecule is NNC(Cc1ccc(I)cc1)C1COc2ccccc2C1. The summed E-state index contributed by atoms with van der Waals surface area (Å²) in [7, 11) is 0. The largest absolute Gasteiger partial charge is 0.493 e. The molecule has 0 fully saturated rings. The van der Waals surface area contributed by atoms with Crippen molar-refractivity contribution in [2.45, 2.75) is 18.9 Å². The van der Waals surface area contributed by atoms with Crippen LogP contribution in [0.1, 0.15) is 11.1 Å². The van der Waals surface area contributed by atoms with Crippen molar-refractivity contribution in [3.05, 3.63) is 63.2 Å². The first-order chi connectivity index (χ1) is 10.3. The first-order valence-electron chi connectivity index (χ1n) is 7.17. The van der Waals surface area contributed by atoms with Crippen LogP contribution in [-0.4, -0.2) is 12.6 Å². The van der Waals surface area contributed by atoms with Gasteiger partial charge in [0, 0.05) is 15.5 Å². The molecule has 4 heteroatoms. The zero-order chi connectivity index (χ0) is 14.7. The molecule has 0 spiro atoms. The van der Waals surface area contributed by atoms with E-state index in [-0.39, 0.29) is 6.04 Å². The monoisotopic (exact) mass is 394 g/mol. The number of fused-ring (bicyclic) bond motifs is 1. The Morgan fingerprint density at radius 2 is 1.95 bits per heavy atom. The fourth-order valence-electron chi connectivity index (χ4n) is 2.85. The van der Waals surface area contributed by atoms with E-state index in [2.05, 4.69) is 64.4 Å². The second kappa shape index (κ2) is 6.77. The summed E-state index contributed by atoms with van der Waals surface area (Å²) in [6.45, 7) is 0.719. The Morgan fingerprint density at radius 1 is 1.19 bits per heavy atom. The third-order valence-corrected chi connectivity index (χ3v) is 4.78. The lowest BCUT2D eigenvalue weighted by atomic mass is 9.87. The van der Waals surface area contributed by atoms with Crippen molar-refractivity contribution in [3.63, 3.8) is 0 Å². The van der Waals surface area contributed by atoms with Crippen molar-refractivity contribution < 1.29 is 4.74 Å². The zero-order valence-corrected chi connectivity index (χ0v) is 13.9. The maximum atomic E-state index is 5.88. The molecule has 0 aromatic heterocycles. The van der Waals surface area contributed by atoms with E-state index in [4.69, 9.17) is 10.6 Å². The minimum Gasteiger partial charge on any atom is -0.493 e. The molecule has 2 aromatic carbocycles. The molecule has 0 aliphatic carbocycles. The van der Waals surface area contributed by atoms with Gasteiger partial charge in [-0.1, -0.05) is 30.3 Å². The average molecular weight is 394 g/mol. The number of nitrogens with two attached hydrogens (primary N) is 1. The molecule has 1 aliphatic heterocycles. The van der Waals surface area contributed by atoms with Gasteiger partial charge in [-0.3, -0.25) is 11.3 Å². The number of hydrazine groups is 1. The number of nitrogens with one attached hydrogen (secondary N) is 1. The average Bonchev–Trinajstić information content (AvgIpc) is 2.54. The van der Waals surface area contributed by atoms with Gasteiger partial charge >= 0.3 is 0 Å². The minimum atomic E-state index is 0.221. The van der Waals surface area contributed by atoms with Gasteiger partial charge in [-0.15, -0.1) is 0 Å². The lowest BCUT2D eigenvalue weighted by Gasteiger charge is -2.31. The van der Waals surface area contributed by atoms with Crippen LogP contribution in [0.5, 0.6) is 5.75 Å². The molecule has 2 unspecified atom stereocenters. The van der Waals surface area contributed by atoms with Crippen molar-refractivity contribution in [1.29, 1.82) is 0 Å². The summed E-state index contributed by atoms with van der Waals surface area (Å²) >= 11 is 2.32. The van der Waals surface area contributed by atoms with Crippen LogP contribution >= 0.6 is 22.6 Å². The van der Waals surface area contributed by atoms with Gasteiger partial charge in [0.05, 0.1) is 6.61 Å². The van der Waals surface area contributed by atoms with Crippen LogP contribution in [0.2, 0.25) is 0 Å². The van der Waals surface area contributed by atoms with Crippen molar-refractivity contribution in [2.24, 2.45) is 11.8 Å². The van der Waals surface area contributed by atoms with E-state index in [9.17, 15) is 0 Å². The normalized spacial score (nSPS) is 18.7. The fourth-order valence-corrected chi connectivity index (χ4v) is 3.21. The topological polar surface area (TPSA) is 47.3 Å². The van der Waals surface area contributed by atoms with Crippen molar-refractivity contribution >= 4 is 22.6 Å². The molecule has 0 bridgehead atoms. The van der Waals surface area contributed by atoms with E-state index < -0.39 is 0 Å². The molecule has 2 aromatic rings. The predicted octanol–water partition coefficient (Wildman–Crippen LogP) is 2.92. The first kappa shape index (κ1) is 14.8. The van der Waals surface area contributed by atoms with E-state index in [0.717, 1.165) is 25.2 Å². The molecule has 0 saturated carbocycles. The molecule has 3 nitrogen and oxygen atoms in total. The van der Waals surface area contributed by atoms with Crippen LogP contribution in [0.4, 0.5) is 0 Å². The van der Waals surface area contributed by atoms with Gasteiger partial charge in [0.25, 0.3) is 0 Å². The van der Waals surface area contributed by atoms with E-state index >= 15 is 0 Å². The Bertz CT molecular complexity index is 600. The van der Waals surface area contributed by atoms with Gasteiger partial charge in [-0.2, -0.15) is 0 Å². The number of hydrogen-bond acceptors (Lipinski definition) is 3. The Kier molecular flexibility index (Phi) is 4.77. The molecule has 3 N–H and O–H groups in total. The number of hydrogen-bond donors (Lipinski definition) is 2. The van der Waals surface area contributed by atoms with Gasteiger partial charge in [0.2, 0.25) is 0 Å². The van der Waals surface area contributed by atoms with Gasteiger partial charge in [0.15, 0.2) is 0 Å². The predicted molar refractivity (Wildman–Crippen MR) is 93.1 cm³/mol. The molecular weight excluding hydrogens is 375 g/mol. The molecule has 1 heterocycles. The van der Waals surface area contributed by atoms with Crippen molar-refractivity contribution in [2.75, 3.05) is 6.61 Å². The number of halogens is 1. The zero-order valence-electron chi connectivity index (χ0n) is 11.8. The lowest BCUT2D eigenvalue weighted by molar-refractivity contribution is 0.183. The van der Waals surface area contributed by atoms with Crippen LogP contribution in [0, 0.1) is 9.49 Å². The Morgan fingerprint density at radius 3 is 2.71 bits per heavy atom. The molecule has 1 aliphatic rings. The highest BCUT2D eigenvalue weighted by Gasteiger charge is 2.26. The van der Waals surface area contributed by atoms with Gasteiger partial charge in [0.1, 0.15) is 5.75 Å². The highest BCUT2D eigenvalue weighted by molar-refractivity contribution is 14.1. The Balaban J connectivity index is 1.71. The summed E-state index contributed by atoms with van der Waals surface area (Å²) < 4.78 is 7.13. The van der Waals surface area contributed by atoms with E-state index in [0.29, 0.717) is 5.92 Å². The molecular formula is C17H19IN2O. The molecule has 0 radical (unpaired) electrons. The third-order valence-electron chi connectivity index (χ3n) is 4.06. The fraction of sp³-hybridized carbons (Fsp3) is 0.294. The van der Waals surface area contributed by atoms with Crippen molar-refractivity contribution in [1.82, 2.24) is 5.43 Å². The molecule has 0 saturated heterocycles. The molecule has 2 atom stereocenters. The smallest absolute Gasteiger partial charge is 0.122 e. The summed E-state index contributed by atoms with van der Waals surface area (Å²) in [4.78, 5) is 0. The summed E-state index contributed by atoms with van der Waals surface area (Å²) in [6.07, 6.45) is 1.93. The minimum absolute atomic E-state index is 0.221. The molecule has 3 rings (SSSR count). The summed E-state index contributed by atoms with van der Waals surface area (Å²) in [5, 5.41) is 0. The number of benzene rings is 2. The highest BCUT2D eigenvalue weighted by Crippen LogP contribution is 2.29. The van der Waals surface area contributed by atoms with Crippen LogP contribution < -0.4 is 16.0 Å². The Labute approximate surface area is 139 Å². The van der Waals surface area contributed by atoms with Crippen molar-refractivity contribution in [3.8, 4) is 5.75 Å². The number of ether oxygens (including phenoxy) is 1. The molecule has 0 amide bonds. The number of rotatable bonds is 4. The first-order valence-corrected chi connectivity index (χ1v) is 8.25. The Hall–Kier alpha value is -1.11. The maximum absolute atomic E-state index is 5.88. The van der Waals surface area contributed by atoms with Crippen LogP contribution in [0.3, 0.4) is 0 Å². The van der Waals surface area contributed by atoms with Gasteiger partial charge in [-0.05, 0) is 64.8 Å². The highest BCUT2D eigenvalue weighted by atomic mass is 127. The summed E-state index contributed by atoms with van der Waals surface area (Å²) in [6, 6.07) is 17.1. The van der Waals surface area contributed by atoms with E-state index in [1.54, 1.807) is 0 Å². The second-order valence-corrected chi connectivity index (χ2v) is 6.73. The third kappa shape index (κ3) is 3.56. The van der Waals surface area contributed by atoms with Crippen LogP contribution in [0.25, 0.3) is 0 Å². The van der Waals surface area contributed by atoms with E-state index in [1.807, 2.05) is 12.1 Å². The van der Waals surface area contributed by atoms with E-state index in [1.165, 1.54) is 14.7 Å². The molecule has 110 valence electrons. The quantitative estimate of drug-likeness (QED) is 0.476. The maximum Gasteiger partial charge on any atom is 0.122 e.